The molecule has 1 unspecified atom stereocenters. The average molecular weight is 209 g/mol. The molecule has 0 saturated carbocycles. The molecule has 1 rings (SSSR count). The number of hydrogen-bond acceptors (Lipinski definition) is 4. The van der Waals surface area contributed by atoms with Crippen LogP contribution in [0.25, 0.3) is 0 Å². The van der Waals surface area contributed by atoms with Crippen LogP contribution in [0.2, 0.25) is 0 Å². The van der Waals surface area contributed by atoms with Crippen molar-refractivity contribution in [1.29, 1.82) is 0 Å². The minimum Gasteiger partial charge on any atom is -0.497 e. The normalized spacial score (nSPS) is 11.9. The van der Waals surface area contributed by atoms with E-state index in [-0.39, 0.29) is 0 Å². The summed E-state index contributed by atoms with van der Waals surface area (Å²) < 4.78 is 4.92. The minimum atomic E-state index is -1.22. The van der Waals surface area contributed by atoms with Gasteiger partial charge in [0.15, 0.2) is 0 Å². The van der Waals surface area contributed by atoms with E-state index in [4.69, 9.17) is 4.74 Å². The zero-order valence-electron chi connectivity index (χ0n) is 8.47. The third-order valence-electron chi connectivity index (χ3n) is 2.05. The van der Waals surface area contributed by atoms with Crippen molar-refractivity contribution in [3.05, 3.63) is 39.9 Å². The number of rotatable bonds is 4. The van der Waals surface area contributed by atoms with Crippen LogP contribution in [-0.2, 0) is 0 Å². The van der Waals surface area contributed by atoms with E-state index >= 15 is 0 Å². The second-order valence-electron chi connectivity index (χ2n) is 3.06. The van der Waals surface area contributed by atoms with Gasteiger partial charge in [0.1, 0.15) is 5.75 Å². The number of methoxy groups -OCH3 is 1. The van der Waals surface area contributed by atoms with Crippen molar-refractivity contribution in [2.75, 3.05) is 7.11 Å². The van der Waals surface area contributed by atoms with Gasteiger partial charge < -0.3 is 4.74 Å². The molecule has 0 aliphatic carbocycles. The van der Waals surface area contributed by atoms with Gasteiger partial charge in [0.05, 0.1) is 7.11 Å². The van der Waals surface area contributed by atoms with E-state index in [0.717, 1.165) is 0 Å². The molecule has 5 heteroatoms. The zero-order chi connectivity index (χ0) is 11.4. The molecule has 0 aromatic heterocycles. The van der Waals surface area contributed by atoms with E-state index in [1.165, 1.54) is 26.2 Å². The maximum Gasteiger partial charge on any atom is 0.272 e. The van der Waals surface area contributed by atoms with Gasteiger partial charge in [-0.25, -0.2) is 0 Å². The molecular weight excluding hydrogens is 198 g/mol. The first kappa shape index (κ1) is 11.2. The average Bonchev–Trinajstić information content (AvgIpc) is 2.27. The van der Waals surface area contributed by atoms with Gasteiger partial charge >= 0.3 is 0 Å². The standard InChI is InChI=1S/C10H11NO4/c1-7(11(13)14)10(12)8-4-3-5-9(6-8)15-2/h3-7H,1-2H3. The first-order valence-corrected chi connectivity index (χ1v) is 4.38. The van der Waals surface area contributed by atoms with E-state index in [0.29, 0.717) is 11.3 Å². The van der Waals surface area contributed by atoms with Crippen molar-refractivity contribution in [3.8, 4) is 5.75 Å². The molecular formula is C10H11NO4. The number of carbonyl (C=O) groups is 1. The monoisotopic (exact) mass is 209 g/mol. The van der Waals surface area contributed by atoms with Gasteiger partial charge in [0, 0.05) is 17.4 Å². The number of nitro groups is 1. The second-order valence-corrected chi connectivity index (χ2v) is 3.06. The summed E-state index contributed by atoms with van der Waals surface area (Å²) in [5.74, 6) is -0.00435. The largest absolute Gasteiger partial charge is 0.497 e. The molecule has 0 radical (unpaired) electrons. The lowest BCUT2D eigenvalue weighted by molar-refractivity contribution is -0.500. The molecule has 1 aromatic rings. The van der Waals surface area contributed by atoms with E-state index < -0.39 is 16.7 Å². The molecule has 0 aliphatic heterocycles. The molecule has 0 fully saturated rings. The van der Waals surface area contributed by atoms with Crippen LogP contribution >= 0.6 is 0 Å². The van der Waals surface area contributed by atoms with Gasteiger partial charge in [-0.3, -0.25) is 14.9 Å². The molecule has 0 N–H and O–H groups in total. The molecule has 0 aliphatic rings. The number of nitrogens with zero attached hydrogens (tertiary/aromatic N) is 1. The highest BCUT2D eigenvalue weighted by Crippen LogP contribution is 2.14. The minimum absolute atomic E-state index is 0.290. The SMILES string of the molecule is COc1cccc(C(=O)C(C)[N+](=O)[O-])c1. The highest BCUT2D eigenvalue weighted by atomic mass is 16.6. The number of hydrogen-bond donors (Lipinski definition) is 0. The first-order chi connectivity index (χ1) is 7.06. The maximum absolute atomic E-state index is 11.6. The van der Waals surface area contributed by atoms with Crippen LogP contribution in [-0.4, -0.2) is 23.9 Å². The summed E-state index contributed by atoms with van der Waals surface area (Å²) in [6, 6.07) is 5.09. The number of ketones is 1. The summed E-state index contributed by atoms with van der Waals surface area (Å²) in [5, 5.41) is 10.4. The summed E-state index contributed by atoms with van der Waals surface area (Å²) in [5.41, 5.74) is 0.290. The molecule has 1 atom stereocenters. The molecule has 80 valence electrons. The fourth-order valence-electron chi connectivity index (χ4n) is 1.11. The van der Waals surface area contributed by atoms with Crippen LogP contribution in [0.1, 0.15) is 17.3 Å². The smallest absolute Gasteiger partial charge is 0.272 e. The maximum atomic E-state index is 11.6. The van der Waals surface area contributed by atoms with Gasteiger partial charge in [0.2, 0.25) is 5.78 Å². The topological polar surface area (TPSA) is 69.4 Å². The Morgan fingerprint density at radius 1 is 1.53 bits per heavy atom. The van der Waals surface area contributed by atoms with E-state index in [2.05, 4.69) is 0 Å². The van der Waals surface area contributed by atoms with Gasteiger partial charge in [0.25, 0.3) is 6.04 Å². The van der Waals surface area contributed by atoms with Crippen LogP contribution in [0.3, 0.4) is 0 Å². The van der Waals surface area contributed by atoms with Crippen molar-refractivity contribution >= 4 is 5.78 Å². The summed E-state index contributed by atoms with van der Waals surface area (Å²) >= 11 is 0. The number of carbonyl (C=O) groups excluding carboxylic acids is 1. The lowest BCUT2D eigenvalue weighted by Gasteiger charge is -2.04. The second kappa shape index (κ2) is 4.54. The van der Waals surface area contributed by atoms with Crippen molar-refractivity contribution in [2.45, 2.75) is 13.0 Å². The Morgan fingerprint density at radius 3 is 2.73 bits per heavy atom. The molecule has 1 aromatic carbocycles. The summed E-state index contributed by atoms with van der Waals surface area (Å²) in [6.45, 7) is 1.27. The quantitative estimate of drug-likeness (QED) is 0.428. The third kappa shape index (κ3) is 2.52. The van der Waals surface area contributed by atoms with Gasteiger partial charge in [-0.2, -0.15) is 0 Å². The predicted molar refractivity (Wildman–Crippen MR) is 53.8 cm³/mol. The van der Waals surface area contributed by atoms with E-state index in [1.54, 1.807) is 12.1 Å². The zero-order valence-corrected chi connectivity index (χ0v) is 8.47. The summed E-state index contributed by atoms with van der Waals surface area (Å²) in [4.78, 5) is 21.4. The van der Waals surface area contributed by atoms with Crippen LogP contribution in [0.5, 0.6) is 5.75 Å². The molecule has 5 nitrogen and oxygen atoms in total. The fourth-order valence-corrected chi connectivity index (χ4v) is 1.11. The van der Waals surface area contributed by atoms with Gasteiger partial charge in [-0.15, -0.1) is 0 Å². The van der Waals surface area contributed by atoms with Gasteiger partial charge in [-0.1, -0.05) is 12.1 Å². The van der Waals surface area contributed by atoms with Crippen LogP contribution in [0, 0.1) is 10.1 Å². The number of Topliss-reactive ketones (excluding diaryl/α,β-unsaturated/α-hetero) is 1. The van der Waals surface area contributed by atoms with Crippen molar-refractivity contribution in [1.82, 2.24) is 0 Å². The summed E-state index contributed by atoms with van der Waals surface area (Å²) in [6.07, 6.45) is 0. The van der Waals surface area contributed by atoms with E-state index in [1.807, 2.05) is 0 Å². The van der Waals surface area contributed by atoms with Crippen molar-refractivity contribution in [2.24, 2.45) is 0 Å². The fraction of sp³-hybridized carbons (Fsp3) is 0.300. The van der Waals surface area contributed by atoms with Crippen molar-refractivity contribution in [3.63, 3.8) is 0 Å². The van der Waals surface area contributed by atoms with Crippen LogP contribution < -0.4 is 4.74 Å². The Morgan fingerprint density at radius 2 is 2.20 bits per heavy atom. The highest BCUT2D eigenvalue weighted by Gasteiger charge is 2.24. The Hall–Kier alpha value is -1.91. The highest BCUT2D eigenvalue weighted by molar-refractivity contribution is 5.99. The predicted octanol–water partition coefficient (Wildman–Crippen LogP) is 1.54. The van der Waals surface area contributed by atoms with Crippen LogP contribution in [0.15, 0.2) is 24.3 Å². The lowest BCUT2D eigenvalue weighted by Crippen LogP contribution is -2.25. The Balaban J connectivity index is 2.96. The van der Waals surface area contributed by atoms with Crippen LogP contribution in [0.4, 0.5) is 0 Å². The molecule has 0 saturated heterocycles. The first-order valence-electron chi connectivity index (χ1n) is 4.38. The molecule has 15 heavy (non-hydrogen) atoms. The molecule has 0 bridgehead atoms. The van der Waals surface area contributed by atoms with E-state index in [9.17, 15) is 14.9 Å². The third-order valence-corrected chi connectivity index (χ3v) is 2.05. The molecule has 0 spiro atoms. The number of ether oxygens (including phenoxy) is 1. The van der Waals surface area contributed by atoms with Crippen molar-refractivity contribution < 1.29 is 14.5 Å². The van der Waals surface area contributed by atoms with Gasteiger partial charge in [-0.05, 0) is 12.1 Å². The Kier molecular flexibility index (Phi) is 3.38. The Labute approximate surface area is 86.8 Å². The molecule has 0 heterocycles. The Bertz CT molecular complexity index is 389. The molecule has 0 amide bonds. The lowest BCUT2D eigenvalue weighted by atomic mass is 10.1. The summed E-state index contributed by atoms with van der Waals surface area (Å²) in [7, 11) is 1.47. The number of benzene rings is 1.